The minimum absolute atomic E-state index is 0.130. The molecule has 0 amide bonds. The van der Waals surface area contributed by atoms with Gasteiger partial charge in [0.1, 0.15) is 5.82 Å². The number of rotatable bonds is 3. The molecule has 3 heteroatoms. The molecule has 1 atom stereocenters. The molecule has 3 aromatic rings. The van der Waals surface area contributed by atoms with Crippen molar-refractivity contribution in [3.05, 3.63) is 71.7 Å². The molecule has 1 unspecified atom stereocenters. The average molecular weight is 268 g/mol. The van der Waals surface area contributed by atoms with E-state index in [4.69, 9.17) is 5.73 Å². The Bertz CT molecular complexity index is 731. The van der Waals surface area contributed by atoms with E-state index in [1.807, 2.05) is 35.9 Å². The number of nitrogens with two attached hydrogens (primary N) is 1. The van der Waals surface area contributed by atoms with Gasteiger partial charge in [-0.3, -0.25) is 0 Å². The van der Waals surface area contributed by atoms with Crippen LogP contribution in [0.2, 0.25) is 0 Å². The van der Waals surface area contributed by atoms with E-state index in [0.717, 1.165) is 16.5 Å². The number of hydrogen-bond donors (Lipinski definition) is 1. The van der Waals surface area contributed by atoms with Gasteiger partial charge in [0.05, 0.1) is 5.52 Å². The quantitative estimate of drug-likeness (QED) is 0.775. The molecule has 0 radical (unpaired) electrons. The number of halogens is 1. The number of aromatic nitrogens is 1. The molecule has 2 N–H and O–H groups in total. The molecule has 2 aromatic carbocycles. The van der Waals surface area contributed by atoms with Gasteiger partial charge in [0.15, 0.2) is 0 Å². The Balaban J connectivity index is 2.18. The first-order valence-electron chi connectivity index (χ1n) is 6.70. The lowest BCUT2D eigenvalue weighted by atomic mass is 9.91. The fourth-order valence-corrected chi connectivity index (χ4v) is 2.79. The van der Waals surface area contributed by atoms with E-state index in [-0.39, 0.29) is 11.7 Å². The van der Waals surface area contributed by atoms with Crippen molar-refractivity contribution >= 4 is 10.9 Å². The first-order chi connectivity index (χ1) is 9.70. The zero-order valence-corrected chi connectivity index (χ0v) is 11.4. The van der Waals surface area contributed by atoms with Crippen LogP contribution in [0.5, 0.6) is 0 Å². The smallest absolute Gasteiger partial charge is 0.125 e. The molecule has 0 aliphatic carbocycles. The fourth-order valence-electron chi connectivity index (χ4n) is 2.79. The van der Waals surface area contributed by atoms with Gasteiger partial charge >= 0.3 is 0 Å². The molecule has 0 bridgehead atoms. The van der Waals surface area contributed by atoms with Crippen molar-refractivity contribution in [2.75, 3.05) is 6.54 Å². The summed E-state index contributed by atoms with van der Waals surface area (Å²) in [6, 6.07) is 15.1. The van der Waals surface area contributed by atoms with E-state index in [2.05, 4.69) is 18.3 Å². The highest BCUT2D eigenvalue weighted by molar-refractivity contribution is 5.85. The second kappa shape index (κ2) is 5.10. The highest BCUT2D eigenvalue weighted by Crippen LogP contribution is 2.31. The van der Waals surface area contributed by atoms with Crippen molar-refractivity contribution in [1.29, 1.82) is 0 Å². The van der Waals surface area contributed by atoms with Gasteiger partial charge in [-0.05, 0) is 29.3 Å². The summed E-state index contributed by atoms with van der Waals surface area (Å²) in [5.41, 5.74) is 9.22. The van der Waals surface area contributed by atoms with Gasteiger partial charge in [-0.1, -0.05) is 30.3 Å². The molecule has 20 heavy (non-hydrogen) atoms. The summed E-state index contributed by atoms with van der Waals surface area (Å²) in [5, 5.41) is 1.06. The Kier molecular flexibility index (Phi) is 3.28. The number of benzene rings is 2. The minimum Gasteiger partial charge on any atom is -0.350 e. The monoisotopic (exact) mass is 268 g/mol. The maximum atomic E-state index is 13.4. The van der Waals surface area contributed by atoms with Gasteiger partial charge in [-0.2, -0.15) is 0 Å². The van der Waals surface area contributed by atoms with Crippen LogP contribution in [0.3, 0.4) is 0 Å². The predicted octanol–water partition coefficient (Wildman–Crippen LogP) is 3.41. The lowest BCUT2D eigenvalue weighted by molar-refractivity contribution is 0.629. The van der Waals surface area contributed by atoms with Gasteiger partial charge in [-0.25, -0.2) is 4.39 Å². The van der Waals surface area contributed by atoms with Gasteiger partial charge in [0.25, 0.3) is 0 Å². The zero-order valence-electron chi connectivity index (χ0n) is 11.4. The second-order valence-corrected chi connectivity index (χ2v) is 5.06. The molecular weight excluding hydrogens is 251 g/mol. The molecule has 102 valence electrons. The molecule has 0 saturated carbocycles. The summed E-state index contributed by atoms with van der Waals surface area (Å²) >= 11 is 0. The number of nitrogens with zero attached hydrogens (tertiary/aromatic N) is 1. The van der Waals surface area contributed by atoms with E-state index < -0.39 is 0 Å². The first kappa shape index (κ1) is 12.9. The molecule has 0 aliphatic rings. The number of fused-ring (bicyclic) bond motifs is 1. The number of hydrogen-bond acceptors (Lipinski definition) is 1. The van der Waals surface area contributed by atoms with Crippen molar-refractivity contribution in [3.63, 3.8) is 0 Å². The van der Waals surface area contributed by atoms with Crippen LogP contribution < -0.4 is 5.73 Å². The minimum atomic E-state index is -0.214. The predicted molar refractivity (Wildman–Crippen MR) is 80.2 cm³/mol. The van der Waals surface area contributed by atoms with Crippen molar-refractivity contribution in [1.82, 2.24) is 4.57 Å². The number of aryl methyl sites for hydroxylation is 1. The molecule has 0 saturated heterocycles. The lowest BCUT2D eigenvalue weighted by Crippen LogP contribution is -2.13. The molecule has 2 nitrogen and oxygen atoms in total. The second-order valence-electron chi connectivity index (χ2n) is 5.06. The summed E-state index contributed by atoms with van der Waals surface area (Å²) < 4.78 is 15.4. The zero-order chi connectivity index (χ0) is 14.1. The van der Waals surface area contributed by atoms with Crippen LogP contribution in [0.25, 0.3) is 10.9 Å². The van der Waals surface area contributed by atoms with Crippen LogP contribution in [-0.4, -0.2) is 11.1 Å². The van der Waals surface area contributed by atoms with Gasteiger partial charge < -0.3 is 10.3 Å². The molecule has 3 rings (SSSR count). The van der Waals surface area contributed by atoms with E-state index in [0.29, 0.717) is 6.54 Å². The normalized spacial score (nSPS) is 12.8. The van der Waals surface area contributed by atoms with E-state index in [1.54, 1.807) is 6.07 Å². The van der Waals surface area contributed by atoms with Crippen LogP contribution in [0, 0.1) is 5.82 Å². The van der Waals surface area contributed by atoms with Crippen LogP contribution in [0.1, 0.15) is 17.0 Å². The summed E-state index contributed by atoms with van der Waals surface area (Å²) in [5.74, 6) is -0.0837. The molecule has 0 aliphatic heterocycles. The first-order valence-corrected chi connectivity index (χ1v) is 6.70. The van der Waals surface area contributed by atoms with E-state index >= 15 is 0 Å². The van der Waals surface area contributed by atoms with Crippen molar-refractivity contribution < 1.29 is 4.39 Å². The standard InChI is InChI=1S/C17H17FN2/c1-20-11-16(14-8-7-13(18)9-17(14)20)15(10-19)12-5-3-2-4-6-12/h2-9,11,15H,10,19H2,1H3. The SMILES string of the molecule is Cn1cc(C(CN)c2ccccc2)c2ccc(F)cc21. The molecule has 1 heterocycles. The van der Waals surface area contributed by atoms with E-state index in [9.17, 15) is 4.39 Å². The van der Waals surface area contributed by atoms with Crippen LogP contribution in [0.15, 0.2) is 54.7 Å². The van der Waals surface area contributed by atoms with Gasteiger partial charge in [0, 0.05) is 31.1 Å². The maximum Gasteiger partial charge on any atom is 0.125 e. The van der Waals surface area contributed by atoms with Crippen LogP contribution in [0.4, 0.5) is 4.39 Å². The highest BCUT2D eigenvalue weighted by atomic mass is 19.1. The van der Waals surface area contributed by atoms with Gasteiger partial charge in [-0.15, -0.1) is 0 Å². The maximum absolute atomic E-state index is 13.4. The Morgan fingerprint density at radius 1 is 1.15 bits per heavy atom. The molecular formula is C17H17FN2. The summed E-state index contributed by atoms with van der Waals surface area (Å²) in [6.45, 7) is 0.528. The lowest BCUT2D eigenvalue weighted by Gasteiger charge is -2.14. The summed E-state index contributed by atoms with van der Waals surface area (Å²) in [7, 11) is 1.93. The summed E-state index contributed by atoms with van der Waals surface area (Å²) in [6.07, 6.45) is 2.05. The fraction of sp³-hybridized carbons (Fsp3) is 0.176. The Hall–Kier alpha value is -2.13. The Labute approximate surface area is 117 Å². The third-order valence-electron chi connectivity index (χ3n) is 3.80. The average Bonchev–Trinajstić information content (AvgIpc) is 2.78. The van der Waals surface area contributed by atoms with E-state index in [1.165, 1.54) is 11.6 Å². The van der Waals surface area contributed by atoms with Crippen molar-refractivity contribution in [2.24, 2.45) is 12.8 Å². The topological polar surface area (TPSA) is 30.9 Å². The van der Waals surface area contributed by atoms with Crippen LogP contribution >= 0.6 is 0 Å². The van der Waals surface area contributed by atoms with Crippen LogP contribution in [-0.2, 0) is 7.05 Å². The van der Waals surface area contributed by atoms with Crippen molar-refractivity contribution in [3.8, 4) is 0 Å². The summed E-state index contributed by atoms with van der Waals surface area (Å²) in [4.78, 5) is 0. The molecule has 1 aromatic heterocycles. The largest absolute Gasteiger partial charge is 0.350 e. The molecule has 0 spiro atoms. The molecule has 0 fully saturated rings. The third-order valence-corrected chi connectivity index (χ3v) is 3.80. The van der Waals surface area contributed by atoms with Gasteiger partial charge in [0.2, 0.25) is 0 Å². The third kappa shape index (κ3) is 2.10. The Morgan fingerprint density at radius 2 is 1.90 bits per heavy atom. The highest BCUT2D eigenvalue weighted by Gasteiger charge is 2.17. The Morgan fingerprint density at radius 3 is 2.60 bits per heavy atom. The van der Waals surface area contributed by atoms with Crippen molar-refractivity contribution in [2.45, 2.75) is 5.92 Å².